The number of rotatable bonds is 8. The van der Waals surface area contributed by atoms with Crippen molar-refractivity contribution >= 4 is 11.7 Å². The number of amides is 1. The second-order valence-electron chi connectivity index (χ2n) is 8.81. The lowest BCUT2D eigenvalue weighted by Gasteiger charge is -2.38. The lowest BCUT2D eigenvalue weighted by Crippen LogP contribution is -2.56. The molecule has 0 saturated carbocycles. The van der Waals surface area contributed by atoms with Gasteiger partial charge in [0.05, 0.1) is 25.5 Å². The third-order valence-electron chi connectivity index (χ3n) is 5.75. The van der Waals surface area contributed by atoms with Gasteiger partial charge in [-0.1, -0.05) is 32.0 Å². The van der Waals surface area contributed by atoms with Crippen LogP contribution in [0.1, 0.15) is 36.2 Å². The van der Waals surface area contributed by atoms with Crippen molar-refractivity contribution in [1.29, 1.82) is 0 Å². The number of alkyl halides is 3. The first-order chi connectivity index (χ1) is 16.3. The average Bonchev–Trinajstić information content (AvgIpc) is 3.18. The highest BCUT2D eigenvalue weighted by Gasteiger charge is 2.56. The monoisotopic (exact) mass is 494 g/mol. The highest BCUT2D eigenvalue weighted by atomic mass is 19.4. The number of nitrogen functional groups attached to an aromatic ring is 1. The lowest BCUT2D eigenvalue weighted by molar-refractivity contribution is -0.263. The summed E-state index contributed by atoms with van der Waals surface area (Å²) in [7, 11) is 1.31. The molecule has 11 heteroatoms. The fourth-order valence-corrected chi connectivity index (χ4v) is 3.93. The van der Waals surface area contributed by atoms with Crippen LogP contribution in [-0.2, 0) is 5.41 Å². The van der Waals surface area contributed by atoms with Crippen molar-refractivity contribution in [3.05, 3.63) is 71.7 Å². The molecule has 0 radical (unpaired) electrons. The molecular formula is C24H26F4N4O3. The summed E-state index contributed by atoms with van der Waals surface area (Å²) in [6.45, 7) is 1.68. The highest BCUT2D eigenvalue weighted by molar-refractivity contribution is 5.98. The molecule has 0 spiro atoms. The number of nitrogens with two attached hydrogens (primary N) is 1. The van der Waals surface area contributed by atoms with Crippen molar-refractivity contribution in [2.75, 3.05) is 19.4 Å². The van der Waals surface area contributed by atoms with Gasteiger partial charge in [0.1, 0.15) is 22.9 Å². The first-order valence-corrected chi connectivity index (χ1v) is 10.6. The fourth-order valence-electron chi connectivity index (χ4n) is 3.93. The molecule has 2 aromatic carbocycles. The molecule has 3 rings (SSSR count). The Morgan fingerprint density at radius 1 is 1.17 bits per heavy atom. The van der Waals surface area contributed by atoms with Crippen LogP contribution in [0, 0.1) is 5.82 Å². The average molecular weight is 494 g/mol. The maximum atomic E-state index is 14.0. The third kappa shape index (κ3) is 5.40. The molecule has 1 heterocycles. The van der Waals surface area contributed by atoms with Gasteiger partial charge in [0.15, 0.2) is 5.60 Å². The molecule has 0 aliphatic carbocycles. The predicted molar refractivity (Wildman–Crippen MR) is 122 cm³/mol. The van der Waals surface area contributed by atoms with E-state index in [-0.39, 0.29) is 22.7 Å². The van der Waals surface area contributed by atoms with E-state index in [2.05, 4.69) is 10.4 Å². The third-order valence-corrected chi connectivity index (χ3v) is 5.75. The number of carbonyl (C=O) groups excluding carboxylic acids is 1. The van der Waals surface area contributed by atoms with E-state index in [1.54, 1.807) is 30.3 Å². The molecule has 0 aliphatic rings. The van der Waals surface area contributed by atoms with E-state index in [4.69, 9.17) is 10.5 Å². The van der Waals surface area contributed by atoms with Gasteiger partial charge in [0.25, 0.3) is 5.91 Å². The second-order valence-corrected chi connectivity index (χ2v) is 8.81. The van der Waals surface area contributed by atoms with Gasteiger partial charge >= 0.3 is 6.18 Å². The predicted octanol–water partition coefficient (Wildman–Crippen LogP) is 3.99. The van der Waals surface area contributed by atoms with Gasteiger partial charge in [-0.05, 0) is 42.2 Å². The molecule has 188 valence electrons. The van der Waals surface area contributed by atoms with Crippen LogP contribution in [0.5, 0.6) is 5.75 Å². The van der Waals surface area contributed by atoms with E-state index in [1.807, 2.05) is 0 Å². The van der Waals surface area contributed by atoms with E-state index in [1.165, 1.54) is 31.7 Å². The highest BCUT2D eigenvalue weighted by Crippen LogP contribution is 2.43. The van der Waals surface area contributed by atoms with E-state index < -0.39 is 41.9 Å². The number of hydrogen-bond acceptors (Lipinski definition) is 5. The van der Waals surface area contributed by atoms with E-state index in [0.717, 1.165) is 18.3 Å². The SMILES string of the molecule is COc1ccc(F)cc1C(C)(C)C[C@](O)(CNC(=O)c1cnn(-c2ccccc2)c1N)C(F)(F)F. The van der Waals surface area contributed by atoms with Crippen LogP contribution in [0.4, 0.5) is 23.4 Å². The number of anilines is 1. The van der Waals surface area contributed by atoms with Crippen molar-refractivity contribution in [3.63, 3.8) is 0 Å². The number of hydrogen-bond donors (Lipinski definition) is 3. The number of nitrogens with one attached hydrogen (secondary N) is 1. The zero-order chi connectivity index (χ0) is 26.0. The molecule has 0 unspecified atom stereocenters. The molecule has 4 N–H and O–H groups in total. The summed E-state index contributed by atoms with van der Waals surface area (Å²) in [5.41, 5.74) is 1.81. The Hall–Kier alpha value is -3.60. The first-order valence-electron chi connectivity index (χ1n) is 10.6. The van der Waals surface area contributed by atoms with Crippen LogP contribution < -0.4 is 15.8 Å². The maximum absolute atomic E-state index is 14.0. The first kappa shape index (κ1) is 26.0. The molecule has 0 saturated heterocycles. The molecule has 0 bridgehead atoms. The van der Waals surface area contributed by atoms with Gasteiger partial charge < -0.3 is 20.9 Å². The molecule has 1 aromatic heterocycles. The van der Waals surface area contributed by atoms with Crippen molar-refractivity contribution in [1.82, 2.24) is 15.1 Å². The maximum Gasteiger partial charge on any atom is 0.418 e. The summed E-state index contributed by atoms with van der Waals surface area (Å²) in [5.74, 6) is -1.50. The minimum atomic E-state index is -5.11. The Balaban J connectivity index is 1.84. The Bertz CT molecular complexity index is 1200. The molecule has 35 heavy (non-hydrogen) atoms. The number of nitrogens with zero attached hydrogens (tertiary/aromatic N) is 2. The standard InChI is InChI=1S/C24H26F4N4O3/c1-22(2,18-11-15(25)9-10-19(18)35-3)13-23(34,24(26,27)28)14-30-21(33)17-12-31-32(20(17)29)16-7-5-4-6-8-16/h4-12,34H,13-14,29H2,1-3H3,(H,30,33)/t23-/m0/s1. The van der Waals surface area contributed by atoms with Gasteiger partial charge in [-0.25, -0.2) is 9.07 Å². The van der Waals surface area contributed by atoms with Crippen molar-refractivity contribution in [2.24, 2.45) is 0 Å². The zero-order valence-corrected chi connectivity index (χ0v) is 19.4. The van der Waals surface area contributed by atoms with Crippen LogP contribution in [0.25, 0.3) is 5.69 Å². The van der Waals surface area contributed by atoms with Crippen LogP contribution in [0.3, 0.4) is 0 Å². The van der Waals surface area contributed by atoms with Gasteiger partial charge in [-0.3, -0.25) is 4.79 Å². The smallest absolute Gasteiger partial charge is 0.418 e. The summed E-state index contributed by atoms with van der Waals surface area (Å²) in [5, 5.41) is 16.8. The molecule has 1 amide bonds. The number of ether oxygens (including phenoxy) is 1. The van der Waals surface area contributed by atoms with E-state index in [0.29, 0.717) is 5.69 Å². The van der Waals surface area contributed by atoms with Crippen molar-refractivity contribution in [2.45, 2.75) is 37.5 Å². The number of aliphatic hydroxyl groups is 1. The van der Waals surface area contributed by atoms with Crippen LogP contribution in [-0.4, -0.2) is 46.2 Å². The minimum absolute atomic E-state index is 0.0749. The zero-order valence-electron chi connectivity index (χ0n) is 19.4. The Kier molecular flexibility index (Phi) is 7.11. The summed E-state index contributed by atoms with van der Waals surface area (Å²) < 4.78 is 62.4. The summed E-state index contributed by atoms with van der Waals surface area (Å²) >= 11 is 0. The molecule has 3 aromatic rings. The van der Waals surface area contributed by atoms with Gasteiger partial charge in [0, 0.05) is 5.56 Å². The van der Waals surface area contributed by atoms with Crippen LogP contribution in [0.15, 0.2) is 54.7 Å². The number of carbonyl (C=O) groups is 1. The number of para-hydroxylation sites is 1. The second kappa shape index (κ2) is 9.57. The number of methoxy groups -OCH3 is 1. The van der Waals surface area contributed by atoms with E-state index >= 15 is 0 Å². The molecule has 1 atom stereocenters. The van der Waals surface area contributed by atoms with Gasteiger partial charge in [-0.15, -0.1) is 0 Å². The van der Waals surface area contributed by atoms with Crippen molar-refractivity contribution < 1.29 is 32.2 Å². The summed E-state index contributed by atoms with van der Waals surface area (Å²) in [4.78, 5) is 12.7. The Morgan fingerprint density at radius 2 is 1.83 bits per heavy atom. The molecule has 0 fully saturated rings. The molecule has 0 aliphatic heterocycles. The Labute approximate surface area is 199 Å². The van der Waals surface area contributed by atoms with Crippen LogP contribution >= 0.6 is 0 Å². The van der Waals surface area contributed by atoms with Gasteiger partial charge in [0.2, 0.25) is 0 Å². The van der Waals surface area contributed by atoms with Crippen molar-refractivity contribution in [3.8, 4) is 11.4 Å². The minimum Gasteiger partial charge on any atom is -0.496 e. The van der Waals surface area contributed by atoms with E-state index in [9.17, 15) is 27.5 Å². The summed E-state index contributed by atoms with van der Waals surface area (Å²) in [6.07, 6.45) is -4.87. The summed E-state index contributed by atoms with van der Waals surface area (Å²) in [6, 6.07) is 12.1. The van der Waals surface area contributed by atoms with Gasteiger partial charge in [-0.2, -0.15) is 18.3 Å². The Morgan fingerprint density at radius 3 is 2.43 bits per heavy atom. The quantitative estimate of drug-likeness (QED) is 0.411. The normalized spacial score (nSPS) is 13.8. The number of aromatic nitrogens is 2. The molecule has 7 nitrogen and oxygen atoms in total. The topological polar surface area (TPSA) is 102 Å². The van der Waals surface area contributed by atoms with Crippen LogP contribution in [0.2, 0.25) is 0 Å². The number of halogens is 4. The fraction of sp³-hybridized carbons (Fsp3) is 0.333. The lowest BCUT2D eigenvalue weighted by atomic mass is 9.74. The molecular weight excluding hydrogens is 468 g/mol. The number of benzene rings is 2. The largest absolute Gasteiger partial charge is 0.496 e.